The van der Waals surface area contributed by atoms with Gasteiger partial charge in [0, 0.05) is 17.9 Å². The fourth-order valence-corrected chi connectivity index (χ4v) is 1.88. The lowest BCUT2D eigenvalue weighted by atomic mass is 10.3. The molecule has 0 N–H and O–H groups in total. The monoisotopic (exact) mass is 232 g/mol. The number of nitrogens with zero attached hydrogens (tertiary/aromatic N) is 2. The smallest absolute Gasteiger partial charge is 0.235 e. The maximum atomic E-state index is 5.35. The Bertz CT molecular complexity index is 270. The Morgan fingerprint density at radius 3 is 2.67 bits per heavy atom. The molecule has 0 saturated heterocycles. The first-order chi connectivity index (χ1) is 5.70. The van der Waals surface area contributed by atoms with E-state index in [1.165, 1.54) is 5.69 Å². The van der Waals surface area contributed by atoms with Gasteiger partial charge in [-0.15, -0.1) is 5.10 Å². The number of hydrogen-bond donors (Lipinski definition) is 0. The van der Waals surface area contributed by atoms with Crippen LogP contribution in [0.5, 0.6) is 5.88 Å². The zero-order valence-electron chi connectivity index (χ0n) is 7.59. The molecule has 1 rings (SSSR count). The van der Waals surface area contributed by atoms with Gasteiger partial charge in [-0.05, 0) is 13.8 Å². The van der Waals surface area contributed by atoms with Crippen LogP contribution in [-0.4, -0.2) is 16.4 Å². The van der Waals surface area contributed by atoms with Gasteiger partial charge in [-0.25, -0.2) is 0 Å². The van der Waals surface area contributed by atoms with Crippen molar-refractivity contribution in [1.29, 1.82) is 0 Å². The highest BCUT2D eigenvalue weighted by atomic mass is 79.9. The number of ether oxygens (including phenoxy) is 1. The number of rotatable bonds is 3. The van der Waals surface area contributed by atoms with Crippen molar-refractivity contribution >= 4 is 15.9 Å². The lowest BCUT2D eigenvalue weighted by Gasteiger charge is -1.97. The number of aryl methyl sites for hydroxylation is 1. The van der Waals surface area contributed by atoms with Gasteiger partial charge in [0.1, 0.15) is 0 Å². The molecule has 3 nitrogen and oxygen atoms in total. The first-order valence-electron chi connectivity index (χ1n) is 3.92. The van der Waals surface area contributed by atoms with Gasteiger partial charge >= 0.3 is 0 Å². The number of alkyl halides is 1. The van der Waals surface area contributed by atoms with Crippen molar-refractivity contribution in [2.75, 3.05) is 6.61 Å². The molecule has 0 atom stereocenters. The Labute approximate surface area is 80.8 Å². The van der Waals surface area contributed by atoms with Crippen molar-refractivity contribution in [2.45, 2.75) is 19.2 Å². The third-order valence-electron chi connectivity index (χ3n) is 1.79. The van der Waals surface area contributed by atoms with Crippen LogP contribution in [0.1, 0.15) is 18.2 Å². The predicted molar refractivity (Wildman–Crippen MR) is 51.7 cm³/mol. The van der Waals surface area contributed by atoms with Crippen molar-refractivity contribution in [3.05, 3.63) is 11.3 Å². The molecule has 0 aromatic carbocycles. The number of aromatic nitrogens is 2. The highest BCUT2D eigenvalue weighted by Gasteiger charge is 2.10. The van der Waals surface area contributed by atoms with Crippen LogP contribution in [0.3, 0.4) is 0 Å². The van der Waals surface area contributed by atoms with Gasteiger partial charge in [0.15, 0.2) is 0 Å². The van der Waals surface area contributed by atoms with E-state index in [9.17, 15) is 0 Å². The van der Waals surface area contributed by atoms with Gasteiger partial charge in [-0.2, -0.15) is 0 Å². The minimum atomic E-state index is 0.666. The molecule has 0 aliphatic heterocycles. The molecule has 1 heterocycles. The van der Waals surface area contributed by atoms with E-state index in [4.69, 9.17) is 4.74 Å². The van der Waals surface area contributed by atoms with E-state index in [0.717, 1.165) is 16.8 Å². The minimum Gasteiger partial charge on any atom is -0.477 e. The normalized spacial score (nSPS) is 10.3. The highest BCUT2D eigenvalue weighted by molar-refractivity contribution is 9.08. The molecule has 0 aliphatic rings. The Balaban J connectivity index is 3.00. The second-order valence-electron chi connectivity index (χ2n) is 2.57. The summed E-state index contributed by atoms with van der Waals surface area (Å²) in [6.45, 7) is 4.65. The van der Waals surface area contributed by atoms with E-state index in [-0.39, 0.29) is 0 Å². The molecule has 68 valence electrons. The van der Waals surface area contributed by atoms with Crippen molar-refractivity contribution < 1.29 is 4.74 Å². The molecule has 0 spiro atoms. The summed E-state index contributed by atoms with van der Waals surface area (Å²) in [4.78, 5) is 0. The van der Waals surface area contributed by atoms with Crippen LogP contribution in [0.15, 0.2) is 0 Å². The summed E-state index contributed by atoms with van der Waals surface area (Å²) in [6.07, 6.45) is 0. The summed E-state index contributed by atoms with van der Waals surface area (Å²) in [5.74, 6) is 0.745. The van der Waals surface area contributed by atoms with E-state index in [1.54, 1.807) is 0 Å². The van der Waals surface area contributed by atoms with Crippen LogP contribution in [0.25, 0.3) is 0 Å². The average Bonchev–Trinajstić information content (AvgIpc) is 2.29. The maximum absolute atomic E-state index is 5.35. The molecule has 0 bridgehead atoms. The van der Waals surface area contributed by atoms with Gasteiger partial charge in [0.25, 0.3) is 0 Å². The molecule has 0 radical (unpaired) electrons. The average molecular weight is 233 g/mol. The SMILES string of the molecule is CCOc1nn(C)c(CBr)c1C. The Hall–Kier alpha value is -0.510. The van der Waals surface area contributed by atoms with Crippen LogP contribution in [0, 0.1) is 6.92 Å². The summed E-state index contributed by atoms with van der Waals surface area (Å²) >= 11 is 3.41. The molecule has 0 unspecified atom stereocenters. The van der Waals surface area contributed by atoms with E-state index < -0.39 is 0 Å². The van der Waals surface area contributed by atoms with Gasteiger partial charge in [-0.3, -0.25) is 4.68 Å². The second-order valence-corrected chi connectivity index (χ2v) is 3.13. The van der Waals surface area contributed by atoms with Crippen LogP contribution in [0.4, 0.5) is 0 Å². The maximum Gasteiger partial charge on any atom is 0.235 e. The fourth-order valence-electron chi connectivity index (χ4n) is 1.10. The number of halogens is 1. The number of hydrogen-bond acceptors (Lipinski definition) is 2. The Kier molecular flexibility index (Phi) is 3.14. The Morgan fingerprint density at radius 1 is 1.58 bits per heavy atom. The largest absolute Gasteiger partial charge is 0.477 e. The topological polar surface area (TPSA) is 27.1 Å². The molecular formula is C8H13BrN2O. The molecule has 1 aromatic rings. The lowest BCUT2D eigenvalue weighted by Crippen LogP contribution is -1.96. The van der Waals surface area contributed by atoms with Gasteiger partial charge in [0.05, 0.1) is 12.3 Å². The van der Waals surface area contributed by atoms with E-state index in [2.05, 4.69) is 21.0 Å². The van der Waals surface area contributed by atoms with E-state index in [1.807, 2.05) is 25.6 Å². The molecule has 0 aliphatic carbocycles. The standard InChI is InChI=1S/C8H13BrN2O/c1-4-12-8-6(2)7(5-9)11(3)10-8/h4-5H2,1-3H3. The molecule has 1 aromatic heterocycles. The summed E-state index contributed by atoms with van der Waals surface area (Å²) < 4.78 is 7.19. The quantitative estimate of drug-likeness (QED) is 0.747. The predicted octanol–water partition coefficient (Wildman–Crippen LogP) is 2.02. The van der Waals surface area contributed by atoms with Crippen LogP contribution in [-0.2, 0) is 12.4 Å². The molecule has 0 amide bonds. The third-order valence-corrected chi connectivity index (χ3v) is 2.32. The first-order valence-corrected chi connectivity index (χ1v) is 5.04. The summed E-state index contributed by atoms with van der Waals surface area (Å²) in [5, 5.41) is 5.05. The molecule has 4 heteroatoms. The minimum absolute atomic E-state index is 0.666. The van der Waals surface area contributed by atoms with Crippen molar-refractivity contribution in [2.24, 2.45) is 7.05 Å². The van der Waals surface area contributed by atoms with Crippen LogP contribution >= 0.6 is 15.9 Å². The van der Waals surface area contributed by atoms with E-state index >= 15 is 0 Å². The van der Waals surface area contributed by atoms with Gasteiger partial charge in [-0.1, -0.05) is 15.9 Å². The van der Waals surface area contributed by atoms with Crippen molar-refractivity contribution in [3.63, 3.8) is 0 Å². The summed E-state index contributed by atoms with van der Waals surface area (Å²) in [6, 6.07) is 0. The van der Waals surface area contributed by atoms with Crippen molar-refractivity contribution in [1.82, 2.24) is 9.78 Å². The first kappa shape index (κ1) is 9.58. The fraction of sp³-hybridized carbons (Fsp3) is 0.625. The van der Waals surface area contributed by atoms with Gasteiger partial charge < -0.3 is 4.74 Å². The third kappa shape index (κ3) is 1.63. The molecule has 12 heavy (non-hydrogen) atoms. The van der Waals surface area contributed by atoms with Crippen molar-refractivity contribution in [3.8, 4) is 5.88 Å². The van der Waals surface area contributed by atoms with Crippen LogP contribution in [0.2, 0.25) is 0 Å². The summed E-state index contributed by atoms with van der Waals surface area (Å²) in [5.41, 5.74) is 2.29. The van der Waals surface area contributed by atoms with E-state index in [0.29, 0.717) is 6.61 Å². The summed E-state index contributed by atoms with van der Waals surface area (Å²) in [7, 11) is 1.92. The second kappa shape index (κ2) is 3.94. The zero-order chi connectivity index (χ0) is 9.14. The molecular weight excluding hydrogens is 220 g/mol. The highest BCUT2D eigenvalue weighted by Crippen LogP contribution is 2.21. The Morgan fingerprint density at radius 2 is 2.25 bits per heavy atom. The zero-order valence-corrected chi connectivity index (χ0v) is 9.18. The lowest BCUT2D eigenvalue weighted by molar-refractivity contribution is 0.321. The van der Waals surface area contributed by atoms with Gasteiger partial charge in [0.2, 0.25) is 5.88 Å². The molecule has 0 fully saturated rings. The molecule has 0 saturated carbocycles. The van der Waals surface area contributed by atoms with Crippen LogP contribution < -0.4 is 4.74 Å².